The van der Waals surface area contributed by atoms with Gasteiger partial charge in [0.2, 0.25) is 5.91 Å². The molecule has 0 aliphatic heterocycles. The van der Waals surface area contributed by atoms with Crippen molar-refractivity contribution < 1.29 is 14.3 Å². The molecule has 1 N–H and O–H groups in total. The van der Waals surface area contributed by atoms with Gasteiger partial charge in [0.1, 0.15) is 17.2 Å². The lowest BCUT2D eigenvalue weighted by molar-refractivity contribution is -0.142. The number of carbonyl (C=O) groups excluding carboxylic acids is 2. The summed E-state index contributed by atoms with van der Waals surface area (Å²) in [5.41, 5.74) is 1.47. The Bertz CT molecular complexity index is 1280. The summed E-state index contributed by atoms with van der Waals surface area (Å²) in [7, 11) is 3.81. The fourth-order valence-corrected chi connectivity index (χ4v) is 6.26. The van der Waals surface area contributed by atoms with Crippen LogP contribution < -0.4 is 10.9 Å². The number of carbonyl (C=O) groups is 2. The zero-order valence-corrected chi connectivity index (χ0v) is 21.5. The number of esters is 1. The van der Waals surface area contributed by atoms with Crippen LogP contribution in [0.3, 0.4) is 0 Å². The van der Waals surface area contributed by atoms with E-state index in [0.29, 0.717) is 41.1 Å². The minimum Gasteiger partial charge on any atom is -0.466 e. The van der Waals surface area contributed by atoms with E-state index < -0.39 is 0 Å². The molecule has 3 heterocycles. The molecule has 4 rings (SSSR count). The Kier molecular flexibility index (Phi) is 7.44. The van der Waals surface area contributed by atoms with Gasteiger partial charge in [0, 0.05) is 10.3 Å². The van der Waals surface area contributed by atoms with Gasteiger partial charge in [-0.15, -0.1) is 22.7 Å². The summed E-state index contributed by atoms with van der Waals surface area (Å²) in [6.45, 7) is 4.58. The molecule has 0 aromatic carbocycles. The fourth-order valence-electron chi connectivity index (χ4n) is 4.14. The Morgan fingerprint density at radius 2 is 2.12 bits per heavy atom. The Hall–Kier alpha value is -2.63. The van der Waals surface area contributed by atoms with E-state index >= 15 is 0 Å². The number of aromatic nitrogens is 3. The predicted molar refractivity (Wildman–Crippen MR) is 134 cm³/mol. The topological polar surface area (TPSA) is 106 Å². The molecule has 0 radical (unpaired) electrons. The summed E-state index contributed by atoms with van der Waals surface area (Å²) in [5.74, 6) is 0.435. The van der Waals surface area contributed by atoms with Crippen LogP contribution in [0.25, 0.3) is 10.2 Å². The summed E-state index contributed by atoms with van der Waals surface area (Å²) in [4.78, 5) is 51.2. The van der Waals surface area contributed by atoms with E-state index in [1.54, 1.807) is 23.6 Å². The smallest absolute Gasteiger partial charge is 0.311 e. The van der Waals surface area contributed by atoms with E-state index in [2.05, 4.69) is 17.2 Å². The molecule has 0 saturated carbocycles. The number of thiophene rings is 1. The summed E-state index contributed by atoms with van der Waals surface area (Å²) >= 11 is 2.84. The van der Waals surface area contributed by atoms with Crippen LogP contribution in [0.15, 0.2) is 10.2 Å². The van der Waals surface area contributed by atoms with Crippen LogP contribution >= 0.6 is 22.7 Å². The van der Waals surface area contributed by atoms with Crippen LogP contribution in [0.5, 0.6) is 0 Å². The van der Waals surface area contributed by atoms with Gasteiger partial charge in [0.25, 0.3) is 5.56 Å². The molecule has 11 heteroatoms. The number of ether oxygens (including phenoxy) is 1. The van der Waals surface area contributed by atoms with Gasteiger partial charge in [0.15, 0.2) is 5.13 Å². The van der Waals surface area contributed by atoms with Crippen LogP contribution in [0.1, 0.15) is 42.2 Å². The molecule has 9 nitrogen and oxygen atoms in total. The lowest BCUT2D eigenvalue weighted by Crippen LogP contribution is -2.33. The molecule has 1 aliphatic rings. The number of nitrogens with zero attached hydrogens (tertiary/aromatic N) is 4. The van der Waals surface area contributed by atoms with Gasteiger partial charge in [-0.2, -0.15) is 0 Å². The first kappa shape index (κ1) is 24.5. The number of aryl methyl sites for hydroxylation is 1. The summed E-state index contributed by atoms with van der Waals surface area (Å²) in [6.07, 6.45) is 2.94. The normalized spacial score (nSPS) is 15.5. The van der Waals surface area contributed by atoms with Crippen molar-refractivity contribution in [1.82, 2.24) is 19.4 Å². The Morgan fingerprint density at radius 3 is 2.85 bits per heavy atom. The number of hydrogen-bond acceptors (Lipinski definition) is 9. The van der Waals surface area contributed by atoms with Gasteiger partial charge >= 0.3 is 5.97 Å². The van der Waals surface area contributed by atoms with Crippen molar-refractivity contribution in [2.45, 2.75) is 52.6 Å². The largest absolute Gasteiger partial charge is 0.466 e. The maximum absolute atomic E-state index is 13.6. The third-order valence-corrected chi connectivity index (χ3v) is 7.64. The molecule has 3 aromatic heterocycles. The van der Waals surface area contributed by atoms with Gasteiger partial charge in [0.05, 0.1) is 30.7 Å². The molecule has 1 amide bonds. The highest BCUT2D eigenvalue weighted by Crippen LogP contribution is 2.35. The molecule has 0 spiro atoms. The fraction of sp³-hybridized carbons (Fsp3) is 0.522. The molecule has 0 saturated heterocycles. The third-order valence-electron chi connectivity index (χ3n) is 5.68. The lowest BCUT2D eigenvalue weighted by Gasteiger charge is -2.18. The molecule has 1 aliphatic carbocycles. The van der Waals surface area contributed by atoms with Gasteiger partial charge in [-0.05, 0) is 51.8 Å². The molecule has 182 valence electrons. The van der Waals surface area contributed by atoms with E-state index in [-0.39, 0.29) is 30.4 Å². The average molecular weight is 504 g/mol. The molecule has 1 unspecified atom stereocenters. The van der Waals surface area contributed by atoms with Crippen LogP contribution in [-0.4, -0.2) is 52.0 Å². The number of hydrogen-bond donors (Lipinski definition) is 1. The van der Waals surface area contributed by atoms with Crippen molar-refractivity contribution in [1.29, 1.82) is 0 Å². The summed E-state index contributed by atoms with van der Waals surface area (Å²) in [6, 6.07) is 0. The highest BCUT2D eigenvalue weighted by Gasteiger charge is 2.25. The van der Waals surface area contributed by atoms with Crippen molar-refractivity contribution in [2.24, 2.45) is 5.92 Å². The number of nitrogens with one attached hydrogen (secondary N) is 1. The third kappa shape index (κ3) is 5.37. The SMILES string of the molecule is CCOC(=O)Cc1csc(NC(=O)Cn2c(CN(C)C)nc3sc4c(c3c2=O)CCC(C)C4)n1. The van der Waals surface area contributed by atoms with Crippen LogP contribution in [0, 0.1) is 5.92 Å². The molecular weight excluding hydrogens is 474 g/mol. The lowest BCUT2D eigenvalue weighted by atomic mass is 9.89. The van der Waals surface area contributed by atoms with E-state index in [4.69, 9.17) is 9.72 Å². The van der Waals surface area contributed by atoms with Crippen LogP contribution in [-0.2, 0) is 46.7 Å². The predicted octanol–water partition coefficient (Wildman–Crippen LogP) is 2.85. The standard InChI is InChI=1S/C23H29N5O4S2/c1-5-32-19(30)9-14-12-33-23(24-14)26-18(29)11-28-17(10-27(3)4)25-21-20(22(28)31)15-7-6-13(2)8-16(15)34-21/h12-13H,5-11H2,1-4H3,(H,24,26,29). The maximum Gasteiger partial charge on any atom is 0.311 e. The number of anilines is 1. The van der Waals surface area contributed by atoms with Crippen molar-refractivity contribution in [2.75, 3.05) is 26.0 Å². The Labute approximate surface area is 205 Å². The number of fused-ring (bicyclic) bond motifs is 3. The summed E-state index contributed by atoms with van der Waals surface area (Å²) < 4.78 is 6.42. The van der Waals surface area contributed by atoms with E-state index in [9.17, 15) is 14.4 Å². The van der Waals surface area contributed by atoms with Crippen molar-refractivity contribution in [3.8, 4) is 0 Å². The molecule has 0 bridgehead atoms. The number of thiazole rings is 1. The maximum atomic E-state index is 13.6. The van der Waals surface area contributed by atoms with E-state index in [1.807, 2.05) is 19.0 Å². The van der Waals surface area contributed by atoms with Gasteiger partial charge in [-0.3, -0.25) is 19.0 Å². The van der Waals surface area contributed by atoms with E-state index in [0.717, 1.165) is 29.7 Å². The second kappa shape index (κ2) is 10.3. The average Bonchev–Trinajstić information content (AvgIpc) is 3.33. The first-order valence-electron chi connectivity index (χ1n) is 11.3. The number of rotatable bonds is 8. The molecule has 0 fully saturated rings. The van der Waals surface area contributed by atoms with E-state index in [1.165, 1.54) is 20.8 Å². The molecular formula is C23H29N5O4S2. The minimum absolute atomic E-state index is 0.0507. The van der Waals surface area contributed by atoms with Gasteiger partial charge in [-0.25, -0.2) is 9.97 Å². The molecule has 1 atom stereocenters. The summed E-state index contributed by atoms with van der Waals surface area (Å²) in [5, 5.41) is 5.50. The monoisotopic (exact) mass is 503 g/mol. The Morgan fingerprint density at radius 1 is 1.32 bits per heavy atom. The van der Waals surface area contributed by atoms with Crippen molar-refractivity contribution >= 4 is 49.9 Å². The zero-order valence-electron chi connectivity index (χ0n) is 19.8. The van der Waals surface area contributed by atoms with Crippen LogP contribution in [0.2, 0.25) is 0 Å². The second-order valence-electron chi connectivity index (χ2n) is 8.86. The second-order valence-corrected chi connectivity index (χ2v) is 10.8. The highest BCUT2D eigenvalue weighted by atomic mass is 32.1. The molecule has 3 aromatic rings. The molecule has 34 heavy (non-hydrogen) atoms. The first-order chi connectivity index (χ1) is 16.2. The quantitative estimate of drug-likeness (QED) is 0.471. The first-order valence-corrected chi connectivity index (χ1v) is 13.0. The van der Waals surface area contributed by atoms with Crippen LogP contribution in [0.4, 0.5) is 5.13 Å². The number of amides is 1. The van der Waals surface area contributed by atoms with Crippen molar-refractivity contribution in [3.05, 3.63) is 37.7 Å². The highest BCUT2D eigenvalue weighted by molar-refractivity contribution is 7.18. The van der Waals surface area contributed by atoms with Crippen molar-refractivity contribution in [3.63, 3.8) is 0 Å². The van der Waals surface area contributed by atoms with Gasteiger partial charge < -0.3 is 15.0 Å². The Balaban J connectivity index is 1.59. The zero-order chi connectivity index (χ0) is 24.4. The minimum atomic E-state index is -0.363. The van der Waals surface area contributed by atoms with Gasteiger partial charge in [-0.1, -0.05) is 6.92 Å².